The highest BCUT2D eigenvalue weighted by Gasteiger charge is 2.09. The minimum Gasteiger partial charge on any atom is -0.481 e. The average Bonchev–Trinajstić information content (AvgIpc) is 2.08. The number of hydrogen-bond donors (Lipinski definition) is 2. The van der Waals surface area contributed by atoms with E-state index in [9.17, 15) is 4.79 Å². The number of rotatable bonds is 2. The Morgan fingerprint density at radius 2 is 2.31 bits per heavy atom. The average molecular weight is 193 g/mol. The van der Waals surface area contributed by atoms with Crippen LogP contribution in [-0.4, -0.2) is 11.1 Å². The Morgan fingerprint density at radius 1 is 1.62 bits per heavy atom. The molecule has 0 fully saturated rings. The molecule has 0 spiro atoms. The Morgan fingerprint density at radius 3 is 2.85 bits per heavy atom. The third-order valence-corrected chi connectivity index (χ3v) is 2.02. The fourth-order valence-corrected chi connectivity index (χ4v) is 1.30. The molecule has 3 nitrogen and oxygen atoms in total. The summed E-state index contributed by atoms with van der Waals surface area (Å²) in [7, 11) is 0. The van der Waals surface area contributed by atoms with E-state index in [1.54, 1.807) is 18.2 Å². The van der Waals surface area contributed by atoms with E-state index < -0.39 is 5.97 Å². The first-order valence-corrected chi connectivity index (χ1v) is 4.02. The van der Waals surface area contributed by atoms with Crippen molar-refractivity contribution >= 4 is 18.6 Å². The fourth-order valence-electron chi connectivity index (χ4n) is 1.02. The van der Waals surface area contributed by atoms with Gasteiger partial charge in [-0.25, -0.2) is 0 Å². The number of thiol groups is 1. The van der Waals surface area contributed by atoms with E-state index in [-0.39, 0.29) is 6.42 Å². The molecule has 0 aromatic heterocycles. The van der Waals surface area contributed by atoms with Crippen LogP contribution in [0, 0.1) is 11.3 Å². The molecule has 1 rings (SSSR count). The topological polar surface area (TPSA) is 61.1 Å². The summed E-state index contributed by atoms with van der Waals surface area (Å²) >= 11 is 4.08. The molecule has 0 radical (unpaired) electrons. The van der Waals surface area contributed by atoms with Crippen molar-refractivity contribution in [2.24, 2.45) is 0 Å². The first kappa shape index (κ1) is 9.62. The number of carboxylic acid groups (broad SMARTS) is 1. The standard InChI is InChI=1S/C9H7NO2S/c10-5-6-2-1-3-8(13)7(6)4-9(11)12/h1-3,13H,4H2,(H,11,12). The number of hydrogen-bond acceptors (Lipinski definition) is 3. The summed E-state index contributed by atoms with van der Waals surface area (Å²) in [6.07, 6.45) is -0.164. The van der Waals surface area contributed by atoms with Crippen LogP contribution in [0.25, 0.3) is 0 Å². The lowest BCUT2D eigenvalue weighted by Gasteiger charge is -2.03. The van der Waals surface area contributed by atoms with Crippen LogP contribution < -0.4 is 0 Å². The highest BCUT2D eigenvalue weighted by atomic mass is 32.1. The summed E-state index contributed by atoms with van der Waals surface area (Å²) in [6.45, 7) is 0. The molecule has 0 heterocycles. The van der Waals surface area contributed by atoms with Gasteiger partial charge in [0.05, 0.1) is 18.1 Å². The van der Waals surface area contributed by atoms with Crippen molar-refractivity contribution < 1.29 is 9.90 Å². The van der Waals surface area contributed by atoms with Crippen LogP contribution in [0.1, 0.15) is 11.1 Å². The van der Waals surface area contributed by atoms with E-state index in [4.69, 9.17) is 10.4 Å². The van der Waals surface area contributed by atoms with Gasteiger partial charge in [0.1, 0.15) is 0 Å². The number of benzene rings is 1. The van der Waals surface area contributed by atoms with Gasteiger partial charge < -0.3 is 5.11 Å². The zero-order chi connectivity index (χ0) is 9.84. The molecule has 0 amide bonds. The van der Waals surface area contributed by atoms with E-state index in [0.29, 0.717) is 16.0 Å². The smallest absolute Gasteiger partial charge is 0.307 e. The lowest BCUT2D eigenvalue weighted by molar-refractivity contribution is -0.136. The van der Waals surface area contributed by atoms with Gasteiger partial charge in [0, 0.05) is 4.90 Å². The van der Waals surface area contributed by atoms with E-state index in [1.807, 2.05) is 6.07 Å². The lowest BCUT2D eigenvalue weighted by atomic mass is 10.1. The van der Waals surface area contributed by atoms with Crippen LogP contribution in [0.5, 0.6) is 0 Å². The maximum atomic E-state index is 10.4. The highest BCUT2D eigenvalue weighted by molar-refractivity contribution is 7.80. The summed E-state index contributed by atoms with van der Waals surface area (Å²) in [5.74, 6) is -0.960. The van der Waals surface area contributed by atoms with Gasteiger partial charge in [-0.15, -0.1) is 12.6 Å². The van der Waals surface area contributed by atoms with Crippen molar-refractivity contribution in [2.45, 2.75) is 11.3 Å². The summed E-state index contributed by atoms with van der Waals surface area (Å²) in [6, 6.07) is 6.85. The molecule has 0 aliphatic heterocycles. The minimum absolute atomic E-state index is 0.164. The van der Waals surface area contributed by atoms with Crippen molar-refractivity contribution in [1.29, 1.82) is 5.26 Å². The number of aliphatic carboxylic acids is 1. The van der Waals surface area contributed by atoms with Gasteiger partial charge in [-0.3, -0.25) is 4.79 Å². The van der Waals surface area contributed by atoms with Crippen LogP contribution in [0.2, 0.25) is 0 Å². The van der Waals surface area contributed by atoms with Gasteiger partial charge in [-0.05, 0) is 17.7 Å². The van der Waals surface area contributed by atoms with Crippen LogP contribution in [0.4, 0.5) is 0 Å². The van der Waals surface area contributed by atoms with Crippen molar-refractivity contribution in [1.82, 2.24) is 0 Å². The molecular formula is C9H7NO2S. The Kier molecular flexibility index (Phi) is 2.93. The first-order valence-electron chi connectivity index (χ1n) is 3.58. The Balaban J connectivity index is 3.17. The third kappa shape index (κ3) is 2.23. The molecule has 4 heteroatoms. The molecule has 0 aliphatic carbocycles. The quantitative estimate of drug-likeness (QED) is 0.699. The Bertz CT molecular complexity index is 382. The van der Waals surface area contributed by atoms with Gasteiger partial charge in [-0.2, -0.15) is 5.26 Å². The summed E-state index contributed by atoms with van der Waals surface area (Å²) in [5.41, 5.74) is 0.843. The SMILES string of the molecule is N#Cc1cccc(S)c1CC(=O)O. The van der Waals surface area contributed by atoms with E-state index in [1.165, 1.54) is 0 Å². The highest BCUT2D eigenvalue weighted by Crippen LogP contribution is 2.18. The second-order valence-electron chi connectivity index (χ2n) is 2.49. The van der Waals surface area contributed by atoms with Crippen molar-refractivity contribution in [3.8, 4) is 6.07 Å². The summed E-state index contributed by atoms with van der Waals surface area (Å²) < 4.78 is 0. The zero-order valence-electron chi connectivity index (χ0n) is 6.69. The predicted molar refractivity (Wildman–Crippen MR) is 49.7 cm³/mol. The number of carboxylic acids is 1. The predicted octanol–water partition coefficient (Wildman–Crippen LogP) is 1.47. The second-order valence-corrected chi connectivity index (χ2v) is 2.97. The second kappa shape index (κ2) is 3.97. The molecule has 13 heavy (non-hydrogen) atoms. The Hall–Kier alpha value is -1.47. The molecule has 1 N–H and O–H groups in total. The normalized spacial score (nSPS) is 9.23. The van der Waals surface area contributed by atoms with Crippen molar-refractivity contribution in [3.05, 3.63) is 29.3 Å². The summed E-state index contributed by atoms with van der Waals surface area (Å²) in [4.78, 5) is 11.0. The molecular weight excluding hydrogens is 186 g/mol. The van der Waals surface area contributed by atoms with Gasteiger partial charge >= 0.3 is 5.97 Å². The van der Waals surface area contributed by atoms with Crippen LogP contribution >= 0.6 is 12.6 Å². The van der Waals surface area contributed by atoms with Gasteiger partial charge in [-0.1, -0.05) is 6.07 Å². The van der Waals surface area contributed by atoms with Gasteiger partial charge in [0.2, 0.25) is 0 Å². The molecule has 0 bridgehead atoms. The van der Waals surface area contributed by atoms with E-state index in [2.05, 4.69) is 12.6 Å². The van der Waals surface area contributed by atoms with Crippen LogP contribution in [0.3, 0.4) is 0 Å². The zero-order valence-corrected chi connectivity index (χ0v) is 7.58. The maximum Gasteiger partial charge on any atom is 0.307 e. The molecule has 1 aromatic rings. The van der Waals surface area contributed by atoms with Crippen molar-refractivity contribution in [2.75, 3.05) is 0 Å². The van der Waals surface area contributed by atoms with Crippen LogP contribution in [0.15, 0.2) is 23.1 Å². The molecule has 0 saturated carbocycles. The molecule has 66 valence electrons. The first-order chi connectivity index (χ1) is 6.15. The molecule has 0 saturated heterocycles. The van der Waals surface area contributed by atoms with E-state index in [0.717, 1.165) is 0 Å². The molecule has 0 unspecified atom stereocenters. The number of nitriles is 1. The lowest BCUT2D eigenvalue weighted by Crippen LogP contribution is -2.03. The summed E-state index contributed by atoms with van der Waals surface area (Å²) in [5, 5.41) is 17.2. The monoisotopic (exact) mass is 193 g/mol. The third-order valence-electron chi connectivity index (χ3n) is 1.60. The molecule has 1 aromatic carbocycles. The van der Waals surface area contributed by atoms with Gasteiger partial charge in [0.15, 0.2) is 0 Å². The number of carbonyl (C=O) groups is 1. The largest absolute Gasteiger partial charge is 0.481 e. The van der Waals surface area contributed by atoms with Crippen LogP contribution in [-0.2, 0) is 11.2 Å². The van der Waals surface area contributed by atoms with E-state index >= 15 is 0 Å². The minimum atomic E-state index is -0.960. The Labute approximate surface area is 81.0 Å². The maximum absolute atomic E-state index is 10.4. The molecule has 0 aliphatic rings. The number of nitrogens with zero attached hydrogens (tertiary/aromatic N) is 1. The fraction of sp³-hybridized carbons (Fsp3) is 0.111. The van der Waals surface area contributed by atoms with Gasteiger partial charge in [0.25, 0.3) is 0 Å². The molecule has 0 atom stereocenters. The van der Waals surface area contributed by atoms with Crippen molar-refractivity contribution in [3.63, 3.8) is 0 Å².